The van der Waals surface area contributed by atoms with E-state index in [2.05, 4.69) is 10.3 Å². The van der Waals surface area contributed by atoms with Crippen LogP contribution in [0.5, 0.6) is 0 Å². The third kappa shape index (κ3) is 4.48. The van der Waals surface area contributed by atoms with Crippen LogP contribution in [0.3, 0.4) is 0 Å². The summed E-state index contributed by atoms with van der Waals surface area (Å²) in [4.78, 5) is 17.0. The number of halogens is 1. The molecule has 1 aromatic heterocycles. The molecule has 0 aliphatic rings. The van der Waals surface area contributed by atoms with Crippen LogP contribution in [-0.4, -0.2) is 36.7 Å². The first kappa shape index (κ1) is 21.3. The highest BCUT2D eigenvalue weighted by Crippen LogP contribution is 2.27. The van der Waals surface area contributed by atoms with E-state index in [0.29, 0.717) is 24.5 Å². The number of nitrogens with zero attached hydrogens (tertiary/aromatic N) is 2. The number of hydrogen-bond acceptors (Lipinski definition) is 4. The highest BCUT2D eigenvalue weighted by molar-refractivity contribution is 7.89. The van der Waals surface area contributed by atoms with Gasteiger partial charge in [0, 0.05) is 24.3 Å². The zero-order valence-electron chi connectivity index (χ0n) is 16.1. The summed E-state index contributed by atoms with van der Waals surface area (Å²) >= 11 is 6.12. The second-order valence-electron chi connectivity index (χ2n) is 6.23. The third-order valence-corrected chi connectivity index (χ3v) is 6.81. The van der Waals surface area contributed by atoms with E-state index >= 15 is 0 Å². The van der Waals surface area contributed by atoms with Crippen LogP contribution in [0.2, 0.25) is 5.02 Å². The monoisotopic (exact) mass is 409 g/mol. The number of pyridine rings is 1. The lowest BCUT2D eigenvalue weighted by molar-refractivity contribution is 0.102. The summed E-state index contributed by atoms with van der Waals surface area (Å²) in [5.41, 5.74) is 3.28. The third-order valence-electron chi connectivity index (χ3n) is 4.28. The maximum atomic E-state index is 12.8. The van der Waals surface area contributed by atoms with Gasteiger partial charge < -0.3 is 5.32 Å². The number of aromatic nitrogens is 1. The molecule has 1 N–H and O–H groups in total. The van der Waals surface area contributed by atoms with E-state index in [1.165, 1.54) is 22.5 Å². The molecular weight excluding hydrogens is 386 g/mol. The maximum Gasteiger partial charge on any atom is 0.255 e. The number of amides is 1. The van der Waals surface area contributed by atoms with Crippen molar-refractivity contribution in [2.24, 2.45) is 0 Å². The molecule has 1 heterocycles. The Morgan fingerprint density at radius 2 is 1.78 bits per heavy atom. The molecule has 1 amide bonds. The summed E-state index contributed by atoms with van der Waals surface area (Å²) in [5.74, 6) is -0.417. The average molecular weight is 410 g/mol. The van der Waals surface area contributed by atoms with Crippen LogP contribution >= 0.6 is 11.6 Å². The van der Waals surface area contributed by atoms with Gasteiger partial charge in [-0.25, -0.2) is 8.42 Å². The van der Waals surface area contributed by atoms with Crippen molar-refractivity contribution in [2.45, 2.75) is 39.5 Å². The van der Waals surface area contributed by atoms with Gasteiger partial charge in [-0.05, 0) is 50.6 Å². The Bertz CT molecular complexity index is 947. The van der Waals surface area contributed by atoms with Crippen LogP contribution in [0.4, 0.5) is 5.69 Å². The minimum absolute atomic E-state index is 0.0732. The molecule has 27 heavy (non-hydrogen) atoms. The van der Waals surface area contributed by atoms with Gasteiger partial charge in [-0.2, -0.15) is 4.31 Å². The highest BCUT2D eigenvalue weighted by Gasteiger charge is 2.25. The number of aryl methyl sites for hydroxylation is 3. The number of carbonyl (C=O) groups is 1. The number of benzene rings is 1. The molecule has 0 radical (unpaired) electrons. The van der Waals surface area contributed by atoms with E-state index in [-0.39, 0.29) is 15.5 Å². The van der Waals surface area contributed by atoms with Gasteiger partial charge in [0.1, 0.15) is 4.90 Å². The lowest BCUT2D eigenvalue weighted by Gasteiger charge is -2.19. The molecule has 8 heteroatoms. The first-order valence-electron chi connectivity index (χ1n) is 8.67. The van der Waals surface area contributed by atoms with Gasteiger partial charge in [0.25, 0.3) is 5.91 Å². The van der Waals surface area contributed by atoms with E-state index in [0.717, 1.165) is 11.3 Å². The molecule has 0 aliphatic carbocycles. The van der Waals surface area contributed by atoms with Gasteiger partial charge in [0.05, 0.1) is 16.4 Å². The molecule has 0 saturated heterocycles. The van der Waals surface area contributed by atoms with Crippen LogP contribution in [-0.2, 0) is 10.0 Å². The van der Waals surface area contributed by atoms with Crippen LogP contribution < -0.4 is 5.32 Å². The molecule has 0 saturated carbocycles. The maximum absolute atomic E-state index is 12.8. The lowest BCUT2D eigenvalue weighted by atomic mass is 10.1. The SMILES string of the molecule is CCN(CC)S(=O)(=O)c1cc(C(=O)Nc2c(C)cc(C)nc2C)ccc1Cl. The van der Waals surface area contributed by atoms with Crippen molar-refractivity contribution in [1.29, 1.82) is 0 Å². The minimum Gasteiger partial charge on any atom is -0.320 e. The number of nitrogens with one attached hydrogen (secondary N) is 1. The normalized spacial score (nSPS) is 11.7. The first-order chi connectivity index (χ1) is 12.6. The van der Waals surface area contributed by atoms with Crippen molar-refractivity contribution in [3.05, 3.63) is 51.8 Å². The largest absolute Gasteiger partial charge is 0.320 e. The Kier molecular flexibility index (Phi) is 6.62. The highest BCUT2D eigenvalue weighted by atomic mass is 35.5. The first-order valence-corrected chi connectivity index (χ1v) is 10.5. The summed E-state index contributed by atoms with van der Waals surface area (Å²) < 4.78 is 26.9. The van der Waals surface area contributed by atoms with E-state index in [9.17, 15) is 13.2 Å². The fourth-order valence-electron chi connectivity index (χ4n) is 2.94. The zero-order valence-corrected chi connectivity index (χ0v) is 17.7. The number of sulfonamides is 1. The number of carbonyl (C=O) groups excluding carboxylic acids is 1. The van der Waals surface area contributed by atoms with Gasteiger partial charge in [0.15, 0.2) is 0 Å². The van der Waals surface area contributed by atoms with Gasteiger partial charge in [-0.3, -0.25) is 9.78 Å². The molecule has 1 aromatic carbocycles. The Morgan fingerprint density at radius 1 is 1.15 bits per heavy atom. The predicted octanol–water partition coefficient (Wildman–Crippen LogP) is 3.94. The van der Waals surface area contributed by atoms with Gasteiger partial charge in [-0.1, -0.05) is 25.4 Å². The van der Waals surface area contributed by atoms with Crippen LogP contribution in [0.1, 0.15) is 41.2 Å². The molecular formula is C19H24ClN3O3S. The van der Waals surface area contributed by atoms with Gasteiger partial charge >= 0.3 is 0 Å². The Labute approximate surface area is 165 Å². The van der Waals surface area contributed by atoms with Crippen molar-refractivity contribution >= 4 is 33.2 Å². The second kappa shape index (κ2) is 8.37. The fraction of sp³-hybridized carbons (Fsp3) is 0.368. The molecule has 0 aliphatic heterocycles. The van der Waals surface area contributed by atoms with Crippen LogP contribution in [0.25, 0.3) is 0 Å². The van der Waals surface area contributed by atoms with E-state index in [1.54, 1.807) is 13.8 Å². The second-order valence-corrected chi connectivity index (χ2v) is 8.54. The molecule has 2 aromatic rings. The molecule has 0 atom stereocenters. The van der Waals surface area contributed by atoms with Crippen molar-refractivity contribution in [3.63, 3.8) is 0 Å². The Hall–Kier alpha value is -1.96. The summed E-state index contributed by atoms with van der Waals surface area (Å²) in [6.45, 7) is 9.72. The summed E-state index contributed by atoms with van der Waals surface area (Å²) in [5, 5.41) is 2.91. The zero-order chi connectivity index (χ0) is 20.4. The quantitative estimate of drug-likeness (QED) is 0.783. The molecule has 6 nitrogen and oxygen atoms in total. The Morgan fingerprint density at radius 3 is 2.33 bits per heavy atom. The van der Waals surface area contributed by atoms with Crippen LogP contribution in [0.15, 0.2) is 29.2 Å². The van der Waals surface area contributed by atoms with E-state index < -0.39 is 15.9 Å². The Balaban J connectivity index is 2.42. The number of anilines is 1. The lowest BCUT2D eigenvalue weighted by Crippen LogP contribution is -2.31. The molecule has 0 bridgehead atoms. The van der Waals surface area contributed by atoms with E-state index in [1.807, 2.05) is 26.8 Å². The topological polar surface area (TPSA) is 79.4 Å². The van der Waals surface area contributed by atoms with Crippen molar-refractivity contribution in [3.8, 4) is 0 Å². The molecule has 0 spiro atoms. The summed E-state index contributed by atoms with van der Waals surface area (Å²) in [6.07, 6.45) is 0. The molecule has 0 unspecified atom stereocenters. The van der Waals surface area contributed by atoms with Crippen LogP contribution in [0, 0.1) is 20.8 Å². The number of rotatable bonds is 6. The minimum atomic E-state index is -3.77. The summed E-state index contributed by atoms with van der Waals surface area (Å²) in [7, 11) is -3.77. The standard InChI is InChI=1S/C19H24ClN3O3S/c1-6-23(7-2)27(25,26)17-11-15(8-9-16(17)20)19(24)22-18-12(3)10-13(4)21-14(18)5/h8-11H,6-7H2,1-5H3,(H,22,24). The van der Waals surface area contributed by atoms with Crippen molar-refractivity contribution in [1.82, 2.24) is 9.29 Å². The molecule has 146 valence electrons. The van der Waals surface area contributed by atoms with Gasteiger partial charge in [0.2, 0.25) is 10.0 Å². The van der Waals surface area contributed by atoms with Gasteiger partial charge in [-0.15, -0.1) is 0 Å². The smallest absolute Gasteiger partial charge is 0.255 e. The van der Waals surface area contributed by atoms with E-state index in [4.69, 9.17) is 11.6 Å². The average Bonchev–Trinajstić information content (AvgIpc) is 2.58. The number of hydrogen-bond donors (Lipinski definition) is 1. The molecule has 0 fully saturated rings. The summed E-state index contributed by atoms with van der Waals surface area (Å²) in [6, 6.07) is 6.13. The van der Waals surface area contributed by atoms with Crippen molar-refractivity contribution in [2.75, 3.05) is 18.4 Å². The fourth-order valence-corrected chi connectivity index (χ4v) is 4.90. The van der Waals surface area contributed by atoms with Crippen molar-refractivity contribution < 1.29 is 13.2 Å². The predicted molar refractivity (Wildman–Crippen MR) is 108 cm³/mol. The molecule has 2 rings (SSSR count).